The Morgan fingerprint density at radius 3 is 2.50 bits per heavy atom. The summed E-state index contributed by atoms with van der Waals surface area (Å²) < 4.78 is 4.56. The van der Waals surface area contributed by atoms with Crippen LogP contribution in [0.2, 0.25) is 0 Å². The Bertz CT molecular complexity index is 327. The third kappa shape index (κ3) is 6.19. The van der Waals surface area contributed by atoms with Gasteiger partial charge in [-0.15, -0.1) is 0 Å². The molecule has 0 aromatic carbocycles. The van der Waals surface area contributed by atoms with E-state index in [2.05, 4.69) is 4.74 Å². The van der Waals surface area contributed by atoms with Gasteiger partial charge < -0.3 is 9.84 Å². The van der Waals surface area contributed by atoms with Gasteiger partial charge in [0.05, 0.1) is 19.7 Å². The van der Waals surface area contributed by atoms with E-state index in [0.717, 1.165) is 12.8 Å². The number of ether oxygens (including phenoxy) is 1. The van der Waals surface area contributed by atoms with Crippen LogP contribution in [0.25, 0.3) is 0 Å². The molecule has 1 saturated carbocycles. The highest BCUT2D eigenvalue weighted by Crippen LogP contribution is 2.29. The Balaban J connectivity index is 2.35. The fourth-order valence-electron chi connectivity index (χ4n) is 1.57. The van der Waals surface area contributed by atoms with E-state index in [-0.39, 0.29) is 19.7 Å². The highest BCUT2D eigenvalue weighted by atomic mass is 16.5. The van der Waals surface area contributed by atoms with Crippen molar-refractivity contribution in [3.05, 3.63) is 0 Å². The van der Waals surface area contributed by atoms with Crippen LogP contribution in [0, 0.1) is 5.92 Å². The first-order valence-corrected chi connectivity index (χ1v) is 5.92. The van der Waals surface area contributed by atoms with E-state index in [1.165, 1.54) is 4.90 Å². The van der Waals surface area contributed by atoms with E-state index in [4.69, 9.17) is 5.11 Å². The van der Waals surface area contributed by atoms with Crippen molar-refractivity contribution in [3.63, 3.8) is 0 Å². The van der Waals surface area contributed by atoms with Gasteiger partial charge in [-0.3, -0.25) is 19.8 Å². The van der Waals surface area contributed by atoms with Crippen LogP contribution in [0.5, 0.6) is 0 Å². The summed E-state index contributed by atoms with van der Waals surface area (Å²) in [5.41, 5.74) is 0. The molecular weight excluding hydrogens is 240 g/mol. The average molecular weight is 258 g/mol. The van der Waals surface area contributed by atoms with Crippen LogP contribution in [0.1, 0.15) is 19.8 Å². The molecule has 0 aliphatic heterocycles. The topological polar surface area (TPSA) is 95.9 Å². The molecule has 0 aromatic heterocycles. The summed E-state index contributed by atoms with van der Waals surface area (Å²) in [6, 6.07) is 0. The molecule has 102 valence electrons. The van der Waals surface area contributed by atoms with Crippen LogP contribution in [0.15, 0.2) is 0 Å². The number of hydrogen-bond donors (Lipinski definition) is 2. The minimum Gasteiger partial charge on any atom is -0.480 e. The van der Waals surface area contributed by atoms with Gasteiger partial charge in [0.25, 0.3) is 0 Å². The highest BCUT2D eigenvalue weighted by molar-refractivity contribution is 5.93. The Morgan fingerprint density at radius 1 is 1.33 bits per heavy atom. The van der Waals surface area contributed by atoms with Crippen molar-refractivity contribution in [2.75, 3.05) is 26.2 Å². The second-order valence-electron chi connectivity index (χ2n) is 4.28. The number of nitrogens with zero attached hydrogens (tertiary/aromatic N) is 1. The van der Waals surface area contributed by atoms with Gasteiger partial charge in [0.15, 0.2) is 0 Å². The predicted octanol–water partition coefficient (Wildman–Crippen LogP) is 0.0557. The summed E-state index contributed by atoms with van der Waals surface area (Å²) >= 11 is 0. The van der Waals surface area contributed by atoms with E-state index >= 15 is 0 Å². The lowest BCUT2D eigenvalue weighted by Gasteiger charge is -2.18. The number of alkyl carbamates (subject to hydrolysis) is 1. The number of carboxylic acid groups (broad SMARTS) is 1. The normalized spacial score (nSPS) is 14.3. The lowest BCUT2D eigenvalue weighted by Crippen LogP contribution is -2.42. The lowest BCUT2D eigenvalue weighted by atomic mass is 10.3. The second kappa shape index (κ2) is 6.95. The minimum atomic E-state index is -0.986. The van der Waals surface area contributed by atoms with Crippen molar-refractivity contribution in [1.29, 1.82) is 0 Å². The molecule has 2 amide bonds. The minimum absolute atomic E-state index is 0.110. The number of imide groups is 1. The molecule has 0 saturated heterocycles. The van der Waals surface area contributed by atoms with E-state index in [9.17, 15) is 14.4 Å². The maximum absolute atomic E-state index is 11.5. The summed E-state index contributed by atoms with van der Waals surface area (Å²) in [4.78, 5) is 34.7. The maximum Gasteiger partial charge on any atom is 0.413 e. The molecule has 1 aliphatic carbocycles. The summed E-state index contributed by atoms with van der Waals surface area (Å²) in [6.45, 7) is 2.07. The summed E-state index contributed by atoms with van der Waals surface area (Å²) in [5, 5.41) is 10.8. The van der Waals surface area contributed by atoms with Crippen LogP contribution in [-0.2, 0) is 14.3 Å². The quantitative estimate of drug-likeness (QED) is 0.670. The number of carbonyl (C=O) groups is 3. The second-order valence-corrected chi connectivity index (χ2v) is 4.28. The van der Waals surface area contributed by atoms with Gasteiger partial charge >= 0.3 is 12.1 Å². The molecule has 7 heteroatoms. The molecule has 0 spiro atoms. The third-order valence-corrected chi connectivity index (χ3v) is 2.46. The van der Waals surface area contributed by atoms with Crippen LogP contribution in [0.3, 0.4) is 0 Å². The largest absolute Gasteiger partial charge is 0.480 e. The number of aliphatic carboxylic acids is 1. The molecule has 1 fully saturated rings. The smallest absolute Gasteiger partial charge is 0.413 e. The molecule has 0 unspecified atom stereocenters. The molecule has 0 radical (unpaired) electrons. The van der Waals surface area contributed by atoms with E-state index in [0.29, 0.717) is 12.5 Å². The molecule has 0 atom stereocenters. The Labute approximate surface area is 105 Å². The number of hydrogen-bond acceptors (Lipinski definition) is 5. The first-order chi connectivity index (χ1) is 8.51. The number of carbonyl (C=O) groups excluding carboxylic acids is 2. The monoisotopic (exact) mass is 258 g/mol. The van der Waals surface area contributed by atoms with E-state index in [1.54, 1.807) is 6.92 Å². The zero-order chi connectivity index (χ0) is 13.5. The molecule has 1 rings (SSSR count). The van der Waals surface area contributed by atoms with Crippen molar-refractivity contribution in [2.24, 2.45) is 5.92 Å². The van der Waals surface area contributed by atoms with Crippen molar-refractivity contribution in [3.8, 4) is 0 Å². The lowest BCUT2D eigenvalue weighted by molar-refractivity contribution is -0.138. The number of rotatable bonds is 7. The van der Waals surface area contributed by atoms with Gasteiger partial charge in [-0.05, 0) is 25.7 Å². The number of amides is 2. The molecule has 0 bridgehead atoms. The molecule has 1 aliphatic rings. The van der Waals surface area contributed by atoms with Crippen molar-refractivity contribution >= 4 is 18.0 Å². The summed E-state index contributed by atoms with van der Waals surface area (Å²) in [6.07, 6.45) is 1.33. The van der Waals surface area contributed by atoms with Crippen LogP contribution >= 0.6 is 0 Å². The van der Waals surface area contributed by atoms with Gasteiger partial charge in [-0.2, -0.15) is 0 Å². The van der Waals surface area contributed by atoms with Crippen molar-refractivity contribution in [1.82, 2.24) is 10.2 Å². The van der Waals surface area contributed by atoms with Gasteiger partial charge in [-0.25, -0.2) is 4.79 Å². The highest BCUT2D eigenvalue weighted by Gasteiger charge is 2.26. The fraction of sp³-hybridized carbons (Fsp3) is 0.727. The Morgan fingerprint density at radius 2 is 2.00 bits per heavy atom. The first kappa shape index (κ1) is 14.4. The molecule has 7 nitrogen and oxygen atoms in total. The molecule has 2 N–H and O–H groups in total. The first-order valence-electron chi connectivity index (χ1n) is 5.92. The molecule has 0 heterocycles. The summed E-state index contributed by atoms with van der Waals surface area (Å²) in [7, 11) is 0. The Kier molecular flexibility index (Phi) is 5.57. The van der Waals surface area contributed by atoms with Crippen LogP contribution in [0.4, 0.5) is 4.79 Å². The average Bonchev–Trinajstić information content (AvgIpc) is 2.99. The van der Waals surface area contributed by atoms with Gasteiger partial charge in [-0.1, -0.05) is 0 Å². The van der Waals surface area contributed by atoms with Crippen molar-refractivity contribution in [2.45, 2.75) is 19.8 Å². The zero-order valence-corrected chi connectivity index (χ0v) is 10.3. The molecular formula is C11H18N2O5. The standard InChI is InChI=1S/C11H18N2O5/c1-2-18-11(17)12-9(14)6-13(7-10(15)16)5-8-3-4-8/h8H,2-7H2,1H3,(H,15,16)(H,12,14,17). The van der Waals surface area contributed by atoms with Crippen LogP contribution < -0.4 is 5.32 Å². The van der Waals surface area contributed by atoms with Gasteiger partial charge in [0.2, 0.25) is 5.91 Å². The third-order valence-electron chi connectivity index (χ3n) is 2.46. The molecule has 0 aromatic rings. The van der Waals surface area contributed by atoms with E-state index < -0.39 is 18.0 Å². The fourth-order valence-corrected chi connectivity index (χ4v) is 1.57. The summed E-state index contributed by atoms with van der Waals surface area (Å²) in [5.74, 6) is -1.06. The predicted molar refractivity (Wildman–Crippen MR) is 62.0 cm³/mol. The number of carboxylic acids is 1. The van der Waals surface area contributed by atoms with Gasteiger partial charge in [0, 0.05) is 6.54 Å². The van der Waals surface area contributed by atoms with Crippen LogP contribution in [-0.4, -0.2) is 54.2 Å². The SMILES string of the molecule is CCOC(=O)NC(=O)CN(CC(=O)O)CC1CC1. The Hall–Kier alpha value is -1.63. The number of nitrogens with one attached hydrogen (secondary N) is 1. The van der Waals surface area contributed by atoms with E-state index in [1.807, 2.05) is 5.32 Å². The maximum atomic E-state index is 11.5. The zero-order valence-electron chi connectivity index (χ0n) is 10.3. The van der Waals surface area contributed by atoms with Gasteiger partial charge in [0.1, 0.15) is 0 Å². The van der Waals surface area contributed by atoms with Crippen molar-refractivity contribution < 1.29 is 24.2 Å². The molecule has 18 heavy (non-hydrogen) atoms.